The highest BCUT2D eigenvalue weighted by atomic mass is 32.1. The van der Waals surface area contributed by atoms with Crippen molar-refractivity contribution >= 4 is 33.1 Å². The zero-order chi connectivity index (χ0) is 22.8. The molecule has 6 nitrogen and oxygen atoms in total. The Morgan fingerprint density at radius 3 is 2.79 bits per heavy atom. The normalized spacial score (nSPS) is 18.9. The van der Waals surface area contributed by atoms with Crippen LogP contribution in [0, 0.1) is 0 Å². The molecule has 0 saturated carbocycles. The van der Waals surface area contributed by atoms with Crippen LogP contribution in [0.5, 0.6) is 0 Å². The number of hydrogen-bond acceptors (Lipinski definition) is 5. The average molecular weight is 465 g/mol. The van der Waals surface area contributed by atoms with Crippen molar-refractivity contribution in [2.24, 2.45) is 0 Å². The van der Waals surface area contributed by atoms with Crippen molar-refractivity contribution in [2.45, 2.75) is 77.4 Å². The molecule has 0 spiro atoms. The first-order valence-corrected chi connectivity index (χ1v) is 13.0. The molecule has 0 bridgehead atoms. The van der Waals surface area contributed by atoms with Crippen molar-refractivity contribution in [3.05, 3.63) is 57.0 Å². The Morgan fingerprint density at radius 2 is 1.97 bits per heavy atom. The van der Waals surface area contributed by atoms with E-state index < -0.39 is 0 Å². The number of aromatic nitrogens is 2. The summed E-state index contributed by atoms with van der Waals surface area (Å²) in [5.41, 5.74) is 3.25. The van der Waals surface area contributed by atoms with Crippen LogP contribution >= 0.6 is 11.3 Å². The molecule has 33 heavy (non-hydrogen) atoms. The molecule has 174 valence electrons. The SMILES string of the molecule is CC1CCCCN1Cc1ccc(NC(=O)CCn2cnc3sc4c(c3c2=O)CCCC4)cc1. The van der Waals surface area contributed by atoms with E-state index in [1.807, 2.05) is 12.1 Å². The molecule has 1 fully saturated rings. The molecule has 3 aromatic rings. The molecule has 3 heterocycles. The minimum absolute atomic E-state index is 0.0107. The maximum Gasteiger partial charge on any atom is 0.262 e. The van der Waals surface area contributed by atoms with Crippen LogP contribution in [0.2, 0.25) is 0 Å². The Balaban J connectivity index is 1.19. The number of nitrogens with one attached hydrogen (secondary N) is 1. The minimum Gasteiger partial charge on any atom is -0.326 e. The fourth-order valence-corrected chi connectivity index (χ4v) is 6.33. The number of amides is 1. The Hall–Kier alpha value is -2.51. The summed E-state index contributed by atoms with van der Waals surface area (Å²) in [5, 5.41) is 3.74. The van der Waals surface area contributed by atoms with Gasteiger partial charge in [-0.15, -0.1) is 11.3 Å². The van der Waals surface area contributed by atoms with Gasteiger partial charge in [-0.3, -0.25) is 19.1 Å². The molecule has 1 aromatic carbocycles. The lowest BCUT2D eigenvalue weighted by Crippen LogP contribution is -2.36. The minimum atomic E-state index is -0.0910. The summed E-state index contributed by atoms with van der Waals surface area (Å²) in [6, 6.07) is 8.77. The summed E-state index contributed by atoms with van der Waals surface area (Å²) in [7, 11) is 0. The molecule has 1 N–H and O–H groups in total. The van der Waals surface area contributed by atoms with Gasteiger partial charge in [0.1, 0.15) is 4.83 Å². The highest BCUT2D eigenvalue weighted by Gasteiger charge is 2.20. The van der Waals surface area contributed by atoms with E-state index in [0.29, 0.717) is 12.6 Å². The number of rotatable bonds is 6. The molecular formula is C26H32N4O2S. The van der Waals surface area contributed by atoms with Gasteiger partial charge in [0.15, 0.2) is 0 Å². The van der Waals surface area contributed by atoms with Crippen LogP contribution in [-0.2, 0) is 30.7 Å². The standard InChI is InChI=1S/C26H32N4O2S/c1-18-6-4-5-14-29(18)16-19-9-11-20(12-10-19)28-23(31)13-15-30-17-27-25-24(26(30)32)21-7-2-3-8-22(21)33-25/h9-12,17-18H,2-8,13-16H2,1H3,(H,28,31). The summed E-state index contributed by atoms with van der Waals surface area (Å²) in [4.78, 5) is 34.8. The third-order valence-corrected chi connectivity index (χ3v) is 8.29. The van der Waals surface area contributed by atoms with E-state index in [0.717, 1.165) is 48.3 Å². The molecule has 5 rings (SSSR count). The fraction of sp³-hybridized carbons (Fsp3) is 0.500. The second-order valence-corrected chi connectivity index (χ2v) is 10.5. The van der Waals surface area contributed by atoms with E-state index in [-0.39, 0.29) is 17.9 Å². The van der Waals surface area contributed by atoms with Crippen LogP contribution in [0.25, 0.3) is 10.2 Å². The predicted octanol–water partition coefficient (Wildman–Crippen LogP) is 4.74. The second kappa shape index (κ2) is 9.77. The van der Waals surface area contributed by atoms with Gasteiger partial charge in [0.25, 0.3) is 5.56 Å². The topological polar surface area (TPSA) is 67.2 Å². The molecule has 2 aliphatic rings. The largest absolute Gasteiger partial charge is 0.326 e. The molecule has 1 atom stereocenters. The zero-order valence-electron chi connectivity index (χ0n) is 19.3. The van der Waals surface area contributed by atoms with Gasteiger partial charge < -0.3 is 5.32 Å². The lowest BCUT2D eigenvalue weighted by atomic mass is 9.97. The van der Waals surface area contributed by atoms with Crippen molar-refractivity contribution < 1.29 is 4.79 Å². The Kier molecular flexibility index (Phi) is 6.60. The highest BCUT2D eigenvalue weighted by Crippen LogP contribution is 2.33. The first-order valence-electron chi connectivity index (χ1n) is 12.2. The summed E-state index contributed by atoms with van der Waals surface area (Å²) in [6.07, 6.45) is 10.0. The smallest absolute Gasteiger partial charge is 0.262 e. The van der Waals surface area contributed by atoms with Crippen molar-refractivity contribution in [1.29, 1.82) is 0 Å². The lowest BCUT2D eigenvalue weighted by molar-refractivity contribution is -0.116. The van der Waals surface area contributed by atoms with Crippen LogP contribution in [-0.4, -0.2) is 32.9 Å². The molecule has 1 saturated heterocycles. The van der Waals surface area contributed by atoms with Crippen LogP contribution < -0.4 is 10.9 Å². The average Bonchev–Trinajstić information content (AvgIpc) is 3.21. The van der Waals surface area contributed by atoms with E-state index in [4.69, 9.17) is 0 Å². The molecule has 0 radical (unpaired) electrons. The third-order valence-electron chi connectivity index (χ3n) is 7.09. The Bertz CT molecular complexity index is 1200. The van der Waals surface area contributed by atoms with E-state index in [1.165, 1.54) is 41.7 Å². The van der Waals surface area contributed by atoms with E-state index in [9.17, 15) is 9.59 Å². The molecule has 2 aromatic heterocycles. The molecule has 1 aliphatic heterocycles. The van der Waals surface area contributed by atoms with Crippen LogP contribution in [0.1, 0.15) is 61.5 Å². The number of thiophene rings is 1. The summed E-state index contributed by atoms with van der Waals surface area (Å²) >= 11 is 1.65. The number of aryl methyl sites for hydroxylation is 3. The van der Waals surface area contributed by atoms with Crippen LogP contribution in [0.4, 0.5) is 5.69 Å². The quantitative estimate of drug-likeness (QED) is 0.572. The van der Waals surface area contributed by atoms with Crippen molar-refractivity contribution in [3.8, 4) is 0 Å². The van der Waals surface area contributed by atoms with E-state index >= 15 is 0 Å². The maximum atomic E-state index is 13.1. The van der Waals surface area contributed by atoms with E-state index in [2.05, 4.69) is 34.3 Å². The fourth-order valence-electron chi connectivity index (χ4n) is 5.11. The molecular weight excluding hydrogens is 432 g/mol. The van der Waals surface area contributed by atoms with Gasteiger partial charge in [-0.2, -0.15) is 0 Å². The number of likely N-dealkylation sites (tertiary alicyclic amines) is 1. The number of carbonyl (C=O) groups is 1. The summed E-state index contributed by atoms with van der Waals surface area (Å²) in [5.74, 6) is -0.0910. The summed E-state index contributed by atoms with van der Waals surface area (Å²) in [6.45, 7) is 4.76. The molecule has 7 heteroatoms. The van der Waals surface area contributed by atoms with Gasteiger partial charge in [-0.1, -0.05) is 18.6 Å². The number of hydrogen-bond donors (Lipinski definition) is 1. The van der Waals surface area contributed by atoms with E-state index in [1.54, 1.807) is 22.2 Å². The first-order chi connectivity index (χ1) is 16.1. The molecule has 1 aliphatic carbocycles. The predicted molar refractivity (Wildman–Crippen MR) is 134 cm³/mol. The third kappa shape index (κ3) is 4.89. The van der Waals surface area contributed by atoms with Gasteiger partial charge in [-0.05, 0) is 75.3 Å². The van der Waals surface area contributed by atoms with Crippen molar-refractivity contribution in [1.82, 2.24) is 14.5 Å². The van der Waals surface area contributed by atoms with Crippen molar-refractivity contribution in [2.75, 3.05) is 11.9 Å². The number of fused-ring (bicyclic) bond motifs is 3. The molecule has 1 unspecified atom stereocenters. The Labute approximate surface area is 198 Å². The van der Waals surface area contributed by atoms with Gasteiger partial charge in [0.2, 0.25) is 5.91 Å². The number of anilines is 1. The van der Waals surface area contributed by atoms with Gasteiger partial charge in [0.05, 0.1) is 11.7 Å². The number of benzene rings is 1. The van der Waals surface area contributed by atoms with Gasteiger partial charge in [-0.25, -0.2) is 4.98 Å². The first kappa shape index (κ1) is 22.3. The molecule has 1 amide bonds. The lowest BCUT2D eigenvalue weighted by Gasteiger charge is -2.33. The number of nitrogens with zero attached hydrogens (tertiary/aromatic N) is 3. The number of piperidine rings is 1. The highest BCUT2D eigenvalue weighted by molar-refractivity contribution is 7.18. The van der Waals surface area contributed by atoms with Crippen molar-refractivity contribution in [3.63, 3.8) is 0 Å². The van der Waals surface area contributed by atoms with Gasteiger partial charge in [0, 0.05) is 36.1 Å². The van der Waals surface area contributed by atoms with Crippen LogP contribution in [0.15, 0.2) is 35.4 Å². The Morgan fingerprint density at radius 1 is 1.15 bits per heavy atom. The maximum absolute atomic E-state index is 13.1. The second-order valence-electron chi connectivity index (χ2n) is 9.44. The number of carbonyl (C=O) groups excluding carboxylic acids is 1. The monoisotopic (exact) mass is 464 g/mol. The van der Waals surface area contributed by atoms with Crippen LogP contribution in [0.3, 0.4) is 0 Å². The summed E-state index contributed by atoms with van der Waals surface area (Å²) < 4.78 is 1.59. The zero-order valence-corrected chi connectivity index (χ0v) is 20.1. The van der Waals surface area contributed by atoms with Gasteiger partial charge >= 0.3 is 0 Å².